The molecular formula is C13H15NS. The van der Waals surface area contributed by atoms with Gasteiger partial charge in [-0.15, -0.1) is 11.3 Å². The Labute approximate surface area is 94.6 Å². The Morgan fingerprint density at radius 1 is 1.27 bits per heavy atom. The lowest BCUT2D eigenvalue weighted by Gasteiger charge is -2.11. The maximum absolute atomic E-state index is 6.16. The minimum absolute atomic E-state index is 0.114. The zero-order valence-corrected chi connectivity index (χ0v) is 9.63. The zero-order chi connectivity index (χ0) is 10.7. The molecule has 1 heterocycles. The first-order valence-corrected chi connectivity index (χ1v) is 5.98. The standard InChI is InChI=1S/C13H15NS/c1-10-4-2-5-11(8-10)13(14)9-12-6-3-7-15-12/h2-8,13H,9,14H2,1H3/t13-/m1/s1. The first-order valence-electron chi connectivity index (χ1n) is 5.10. The molecule has 0 unspecified atom stereocenters. The number of aryl methyl sites for hydroxylation is 1. The average molecular weight is 217 g/mol. The second-order valence-electron chi connectivity index (χ2n) is 3.80. The predicted molar refractivity (Wildman–Crippen MR) is 66.1 cm³/mol. The fourth-order valence-corrected chi connectivity index (χ4v) is 2.43. The lowest BCUT2D eigenvalue weighted by atomic mass is 10.0. The number of benzene rings is 1. The molecule has 1 aromatic carbocycles. The van der Waals surface area contributed by atoms with Gasteiger partial charge in [0, 0.05) is 17.3 Å². The van der Waals surface area contributed by atoms with Crippen LogP contribution in [0, 0.1) is 6.92 Å². The summed E-state index contributed by atoms with van der Waals surface area (Å²) in [6.45, 7) is 2.10. The summed E-state index contributed by atoms with van der Waals surface area (Å²) in [4.78, 5) is 1.35. The maximum atomic E-state index is 6.16. The van der Waals surface area contributed by atoms with Gasteiger partial charge < -0.3 is 5.73 Å². The molecule has 0 aliphatic rings. The van der Waals surface area contributed by atoms with Gasteiger partial charge in [0.1, 0.15) is 0 Å². The summed E-state index contributed by atoms with van der Waals surface area (Å²) in [5.74, 6) is 0. The molecule has 0 amide bonds. The number of hydrogen-bond donors (Lipinski definition) is 1. The average Bonchev–Trinajstić information content (AvgIpc) is 2.70. The third kappa shape index (κ3) is 2.67. The summed E-state index contributed by atoms with van der Waals surface area (Å²) < 4.78 is 0. The molecule has 0 radical (unpaired) electrons. The van der Waals surface area contributed by atoms with E-state index in [9.17, 15) is 0 Å². The number of rotatable bonds is 3. The van der Waals surface area contributed by atoms with Gasteiger partial charge in [-0.2, -0.15) is 0 Å². The number of hydrogen-bond acceptors (Lipinski definition) is 2. The van der Waals surface area contributed by atoms with E-state index in [0.717, 1.165) is 6.42 Å². The fourth-order valence-electron chi connectivity index (χ4n) is 1.66. The topological polar surface area (TPSA) is 26.0 Å². The van der Waals surface area contributed by atoms with Crippen molar-refractivity contribution in [2.75, 3.05) is 0 Å². The maximum Gasteiger partial charge on any atom is 0.0343 e. The van der Waals surface area contributed by atoms with E-state index in [2.05, 4.69) is 48.7 Å². The van der Waals surface area contributed by atoms with Crippen molar-refractivity contribution >= 4 is 11.3 Å². The second kappa shape index (κ2) is 4.60. The molecule has 1 nitrogen and oxygen atoms in total. The largest absolute Gasteiger partial charge is 0.324 e. The van der Waals surface area contributed by atoms with Crippen LogP contribution >= 0.6 is 11.3 Å². The summed E-state index contributed by atoms with van der Waals surface area (Å²) in [5, 5.41) is 2.10. The third-order valence-electron chi connectivity index (χ3n) is 2.47. The van der Waals surface area contributed by atoms with E-state index in [0.29, 0.717) is 0 Å². The number of nitrogens with two attached hydrogens (primary N) is 1. The molecule has 78 valence electrons. The molecule has 0 saturated heterocycles. The normalized spacial score (nSPS) is 12.7. The smallest absolute Gasteiger partial charge is 0.0343 e. The van der Waals surface area contributed by atoms with E-state index in [1.807, 2.05) is 0 Å². The molecule has 0 bridgehead atoms. The van der Waals surface area contributed by atoms with Crippen LogP contribution in [-0.2, 0) is 6.42 Å². The second-order valence-corrected chi connectivity index (χ2v) is 4.84. The third-order valence-corrected chi connectivity index (χ3v) is 3.37. The Bertz CT molecular complexity index is 420. The van der Waals surface area contributed by atoms with E-state index in [-0.39, 0.29) is 6.04 Å². The van der Waals surface area contributed by atoms with Crippen molar-refractivity contribution in [1.29, 1.82) is 0 Å². The van der Waals surface area contributed by atoms with E-state index >= 15 is 0 Å². The van der Waals surface area contributed by atoms with Crippen LogP contribution in [0.2, 0.25) is 0 Å². The summed E-state index contributed by atoms with van der Waals surface area (Å²) >= 11 is 1.77. The SMILES string of the molecule is Cc1cccc([C@H](N)Cc2cccs2)c1. The van der Waals surface area contributed by atoms with Crippen molar-refractivity contribution in [3.8, 4) is 0 Å². The molecule has 1 aromatic heterocycles. The first kappa shape index (κ1) is 10.4. The van der Waals surface area contributed by atoms with E-state index in [1.165, 1.54) is 16.0 Å². The predicted octanol–water partition coefficient (Wildman–Crippen LogP) is 3.30. The van der Waals surface area contributed by atoms with E-state index in [4.69, 9.17) is 5.73 Å². The molecule has 15 heavy (non-hydrogen) atoms. The molecule has 0 fully saturated rings. The molecule has 0 aliphatic heterocycles. The molecule has 0 spiro atoms. The molecular weight excluding hydrogens is 202 g/mol. The quantitative estimate of drug-likeness (QED) is 0.838. The lowest BCUT2D eigenvalue weighted by Crippen LogP contribution is -2.12. The van der Waals surface area contributed by atoms with Crippen LogP contribution in [0.4, 0.5) is 0 Å². The van der Waals surface area contributed by atoms with Crippen LogP contribution < -0.4 is 5.73 Å². The van der Waals surface area contributed by atoms with Gasteiger partial charge >= 0.3 is 0 Å². The van der Waals surface area contributed by atoms with Crippen molar-refractivity contribution in [2.24, 2.45) is 5.73 Å². The summed E-state index contributed by atoms with van der Waals surface area (Å²) in [7, 11) is 0. The number of thiophene rings is 1. The van der Waals surface area contributed by atoms with Crippen LogP contribution in [0.15, 0.2) is 41.8 Å². The molecule has 2 N–H and O–H groups in total. The van der Waals surface area contributed by atoms with Crippen molar-refractivity contribution in [2.45, 2.75) is 19.4 Å². The van der Waals surface area contributed by atoms with Gasteiger partial charge in [0.05, 0.1) is 0 Å². The minimum Gasteiger partial charge on any atom is -0.324 e. The Kier molecular flexibility index (Phi) is 3.19. The molecule has 2 rings (SSSR count). The molecule has 1 atom stereocenters. The highest BCUT2D eigenvalue weighted by Crippen LogP contribution is 2.19. The Balaban J connectivity index is 2.11. The molecule has 0 saturated carbocycles. The van der Waals surface area contributed by atoms with Crippen LogP contribution in [0.25, 0.3) is 0 Å². The van der Waals surface area contributed by atoms with Crippen LogP contribution in [0.1, 0.15) is 22.0 Å². The van der Waals surface area contributed by atoms with Crippen molar-refractivity contribution in [1.82, 2.24) is 0 Å². The monoisotopic (exact) mass is 217 g/mol. The van der Waals surface area contributed by atoms with E-state index in [1.54, 1.807) is 11.3 Å². The molecule has 2 aromatic rings. The van der Waals surface area contributed by atoms with Gasteiger partial charge in [-0.25, -0.2) is 0 Å². The minimum atomic E-state index is 0.114. The highest BCUT2D eigenvalue weighted by Gasteiger charge is 2.07. The van der Waals surface area contributed by atoms with Gasteiger partial charge in [-0.1, -0.05) is 35.9 Å². The van der Waals surface area contributed by atoms with Crippen LogP contribution in [0.5, 0.6) is 0 Å². The summed E-state index contributed by atoms with van der Waals surface area (Å²) in [6.07, 6.45) is 0.932. The first-order chi connectivity index (χ1) is 7.25. The summed E-state index contributed by atoms with van der Waals surface area (Å²) in [5.41, 5.74) is 8.66. The van der Waals surface area contributed by atoms with Gasteiger partial charge in [-0.3, -0.25) is 0 Å². The molecule has 0 aliphatic carbocycles. The van der Waals surface area contributed by atoms with Crippen molar-refractivity contribution < 1.29 is 0 Å². The van der Waals surface area contributed by atoms with Crippen molar-refractivity contribution in [3.05, 3.63) is 57.8 Å². The zero-order valence-electron chi connectivity index (χ0n) is 8.81. The van der Waals surface area contributed by atoms with Crippen molar-refractivity contribution in [3.63, 3.8) is 0 Å². The fraction of sp³-hybridized carbons (Fsp3) is 0.231. The highest BCUT2D eigenvalue weighted by atomic mass is 32.1. The molecule has 2 heteroatoms. The van der Waals surface area contributed by atoms with Crippen LogP contribution in [0.3, 0.4) is 0 Å². The van der Waals surface area contributed by atoms with E-state index < -0.39 is 0 Å². The van der Waals surface area contributed by atoms with Gasteiger partial charge in [0.25, 0.3) is 0 Å². The van der Waals surface area contributed by atoms with Gasteiger partial charge in [0.15, 0.2) is 0 Å². The highest BCUT2D eigenvalue weighted by molar-refractivity contribution is 7.09. The Morgan fingerprint density at radius 3 is 2.80 bits per heavy atom. The van der Waals surface area contributed by atoms with Crippen LogP contribution in [-0.4, -0.2) is 0 Å². The lowest BCUT2D eigenvalue weighted by molar-refractivity contribution is 0.729. The Morgan fingerprint density at radius 2 is 2.13 bits per heavy atom. The van der Waals surface area contributed by atoms with Gasteiger partial charge in [0.2, 0.25) is 0 Å². The van der Waals surface area contributed by atoms with Gasteiger partial charge in [-0.05, 0) is 23.9 Å². The summed E-state index contributed by atoms with van der Waals surface area (Å²) in [6, 6.07) is 12.8. The Hall–Kier alpha value is -1.12.